The Morgan fingerprint density at radius 3 is 1.42 bits per heavy atom. The number of carbonyl (C=O) groups excluding carboxylic acids is 2. The van der Waals surface area contributed by atoms with Gasteiger partial charge in [0, 0.05) is 24.3 Å². The summed E-state index contributed by atoms with van der Waals surface area (Å²) < 4.78 is 28.6. The summed E-state index contributed by atoms with van der Waals surface area (Å²) in [5.74, 6) is -3.25. The van der Waals surface area contributed by atoms with E-state index in [1.54, 1.807) is 48.5 Å². The second kappa shape index (κ2) is 10.8. The smallest absolute Gasteiger partial charge is 0.178 e. The van der Waals surface area contributed by atoms with Crippen LogP contribution in [0.1, 0.15) is 44.1 Å². The summed E-state index contributed by atoms with van der Waals surface area (Å²) in [7, 11) is 4.48. The van der Waals surface area contributed by atoms with Crippen LogP contribution in [0.5, 0.6) is 46.0 Å². The second-order valence-electron chi connectivity index (χ2n) is 10.3. The van der Waals surface area contributed by atoms with Crippen LogP contribution in [0.3, 0.4) is 0 Å². The molecule has 0 unspecified atom stereocenters. The maximum Gasteiger partial charge on any atom is 0.178 e. The minimum absolute atomic E-state index is 0.0299. The highest BCUT2D eigenvalue weighted by molar-refractivity contribution is 6.11. The fraction of sp³-hybridized carbons (Fsp3) is 0.212. The topological polar surface area (TPSA) is 141 Å². The first kappa shape index (κ1) is 27.8. The van der Waals surface area contributed by atoms with Gasteiger partial charge < -0.3 is 39.0 Å². The van der Waals surface area contributed by atoms with E-state index < -0.39 is 41.4 Å². The normalized spacial score (nSPS) is 20.7. The molecule has 0 spiro atoms. The first-order valence-corrected chi connectivity index (χ1v) is 13.4. The van der Waals surface area contributed by atoms with E-state index in [2.05, 4.69) is 0 Å². The van der Waals surface area contributed by atoms with Gasteiger partial charge in [-0.25, -0.2) is 0 Å². The van der Waals surface area contributed by atoms with Gasteiger partial charge in [-0.2, -0.15) is 0 Å². The van der Waals surface area contributed by atoms with Gasteiger partial charge in [0.05, 0.1) is 33.2 Å². The van der Waals surface area contributed by atoms with Gasteiger partial charge in [-0.15, -0.1) is 0 Å². The molecule has 0 saturated heterocycles. The molecule has 6 rings (SSSR count). The fourth-order valence-electron chi connectivity index (χ4n) is 5.83. The molecule has 10 nitrogen and oxygen atoms in total. The Morgan fingerprint density at radius 2 is 0.977 bits per heavy atom. The number of phenolic OH excluding ortho intramolecular Hbond substituents is 3. The number of benzene rings is 4. The fourth-order valence-corrected chi connectivity index (χ4v) is 5.83. The van der Waals surface area contributed by atoms with Crippen molar-refractivity contribution in [3.05, 3.63) is 95.1 Å². The van der Waals surface area contributed by atoms with Crippen LogP contribution < -0.4 is 23.7 Å². The number of Topliss-reactive ketones (excluding diaryl/α,β-unsaturated/α-hetero) is 2. The van der Waals surface area contributed by atoms with Gasteiger partial charge in [0.2, 0.25) is 0 Å². The van der Waals surface area contributed by atoms with Crippen LogP contribution >= 0.6 is 0 Å². The molecular formula is C33H28O10. The van der Waals surface area contributed by atoms with Crippen LogP contribution in [-0.4, -0.2) is 48.2 Å². The maximum absolute atomic E-state index is 14.5. The van der Waals surface area contributed by atoms with E-state index in [1.807, 2.05) is 0 Å². The third-order valence-corrected chi connectivity index (χ3v) is 7.89. The minimum Gasteiger partial charge on any atom is -0.508 e. The van der Waals surface area contributed by atoms with Crippen molar-refractivity contribution in [1.82, 2.24) is 0 Å². The van der Waals surface area contributed by atoms with Gasteiger partial charge >= 0.3 is 0 Å². The number of hydrogen-bond acceptors (Lipinski definition) is 10. The molecule has 4 aromatic rings. The number of ketones is 2. The number of aromatic hydroxyl groups is 3. The molecule has 43 heavy (non-hydrogen) atoms. The molecule has 0 fully saturated rings. The molecule has 10 heteroatoms. The van der Waals surface area contributed by atoms with Gasteiger partial charge in [-0.1, -0.05) is 24.3 Å². The number of ether oxygens (including phenoxy) is 5. The molecular weight excluding hydrogens is 556 g/mol. The first-order chi connectivity index (χ1) is 20.7. The number of fused-ring (bicyclic) bond motifs is 2. The lowest BCUT2D eigenvalue weighted by Crippen LogP contribution is -2.45. The highest BCUT2D eigenvalue weighted by atomic mass is 16.5. The molecule has 4 aromatic carbocycles. The third-order valence-electron chi connectivity index (χ3n) is 7.89. The third kappa shape index (κ3) is 4.70. The van der Waals surface area contributed by atoms with Crippen molar-refractivity contribution < 1.29 is 48.6 Å². The number of methoxy groups -OCH3 is 3. The van der Waals surface area contributed by atoms with Crippen LogP contribution in [0.4, 0.5) is 0 Å². The van der Waals surface area contributed by atoms with E-state index in [9.17, 15) is 24.9 Å². The molecule has 0 amide bonds. The molecule has 2 aliphatic heterocycles. The number of carbonyl (C=O) groups is 2. The lowest BCUT2D eigenvalue weighted by molar-refractivity contribution is 0.0129. The Bertz CT molecular complexity index is 1710. The molecule has 2 aliphatic rings. The van der Waals surface area contributed by atoms with Crippen molar-refractivity contribution in [1.29, 1.82) is 0 Å². The zero-order chi connectivity index (χ0) is 30.4. The predicted octanol–water partition coefficient (Wildman–Crippen LogP) is 5.39. The summed E-state index contributed by atoms with van der Waals surface area (Å²) in [6, 6.07) is 18.8. The summed E-state index contributed by atoms with van der Waals surface area (Å²) in [5.41, 5.74) is 0.837. The molecule has 4 atom stereocenters. The molecule has 220 valence electrons. The molecule has 0 aromatic heterocycles. The van der Waals surface area contributed by atoms with E-state index in [1.165, 1.54) is 39.5 Å². The summed E-state index contributed by atoms with van der Waals surface area (Å²) in [5, 5.41) is 31.8. The molecule has 0 bridgehead atoms. The monoisotopic (exact) mass is 584 g/mol. The Balaban J connectivity index is 1.57. The molecule has 0 radical (unpaired) electrons. The molecule has 0 saturated carbocycles. The number of phenols is 3. The molecule has 3 N–H and O–H groups in total. The number of hydrogen-bond donors (Lipinski definition) is 3. The quantitative estimate of drug-likeness (QED) is 0.270. The van der Waals surface area contributed by atoms with E-state index in [-0.39, 0.29) is 39.9 Å². The van der Waals surface area contributed by atoms with Crippen molar-refractivity contribution in [2.45, 2.75) is 12.2 Å². The lowest BCUT2D eigenvalue weighted by Gasteiger charge is -2.42. The summed E-state index contributed by atoms with van der Waals surface area (Å²) >= 11 is 0. The van der Waals surface area contributed by atoms with Crippen molar-refractivity contribution >= 4 is 11.6 Å². The van der Waals surface area contributed by atoms with Gasteiger partial charge in [-0.3, -0.25) is 9.59 Å². The predicted molar refractivity (Wildman–Crippen MR) is 153 cm³/mol. The summed E-state index contributed by atoms with van der Waals surface area (Å²) in [6.07, 6.45) is -2.07. The molecule has 2 heterocycles. The second-order valence-corrected chi connectivity index (χ2v) is 10.3. The zero-order valence-electron chi connectivity index (χ0n) is 23.4. The van der Waals surface area contributed by atoms with Crippen LogP contribution in [0.25, 0.3) is 0 Å². The Hall–Kier alpha value is -5.38. The van der Waals surface area contributed by atoms with Crippen molar-refractivity contribution in [3.8, 4) is 46.0 Å². The minimum atomic E-state index is -1.23. The van der Waals surface area contributed by atoms with Crippen molar-refractivity contribution in [3.63, 3.8) is 0 Å². The number of rotatable bonds is 6. The average Bonchev–Trinajstić information content (AvgIpc) is 3.00. The highest BCUT2D eigenvalue weighted by Gasteiger charge is 2.53. The SMILES string of the molecule is COc1ccc([C@H]2Oc3cc(O)cc(O)c3C(=O)[C@@H]2[C@H]2C(=O)c3c(O)cc(OC)cc3O[C@H]2c2ccc(OC)cc2)cc1. The highest BCUT2D eigenvalue weighted by Crippen LogP contribution is 2.53. The first-order valence-electron chi connectivity index (χ1n) is 13.4. The Labute approximate surface area is 246 Å². The van der Waals surface area contributed by atoms with Crippen LogP contribution in [0.2, 0.25) is 0 Å². The lowest BCUT2D eigenvalue weighted by atomic mass is 9.69. The maximum atomic E-state index is 14.5. The van der Waals surface area contributed by atoms with Crippen LogP contribution in [-0.2, 0) is 0 Å². The van der Waals surface area contributed by atoms with Crippen LogP contribution in [0, 0.1) is 11.8 Å². The van der Waals surface area contributed by atoms with E-state index in [0.717, 1.165) is 6.07 Å². The van der Waals surface area contributed by atoms with E-state index in [0.29, 0.717) is 22.6 Å². The zero-order valence-corrected chi connectivity index (χ0v) is 23.4. The van der Waals surface area contributed by atoms with Crippen molar-refractivity contribution in [2.24, 2.45) is 11.8 Å². The Morgan fingerprint density at radius 1 is 0.558 bits per heavy atom. The van der Waals surface area contributed by atoms with Gasteiger partial charge in [0.1, 0.15) is 69.3 Å². The van der Waals surface area contributed by atoms with Gasteiger partial charge in [0.25, 0.3) is 0 Å². The largest absolute Gasteiger partial charge is 0.508 e. The van der Waals surface area contributed by atoms with E-state index >= 15 is 0 Å². The molecule has 0 aliphatic carbocycles. The standard InChI is InChI=1S/C33H28O10/c1-39-19-8-4-16(5-9-19)32-28(30(37)26-22(35)12-18(34)13-24(26)42-32)29-31(38)27-23(36)14-21(41-3)15-25(27)43-33(29)17-6-10-20(40-2)11-7-17/h4-15,28-29,32-36H,1-3H3/t28-,29-,32+,33-/m0/s1. The van der Waals surface area contributed by atoms with Crippen LogP contribution in [0.15, 0.2) is 72.8 Å². The summed E-state index contributed by atoms with van der Waals surface area (Å²) in [6.45, 7) is 0. The van der Waals surface area contributed by atoms with Crippen molar-refractivity contribution in [2.75, 3.05) is 21.3 Å². The summed E-state index contributed by atoms with van der Waals surface area (Å²) in [4.78, 5) is 28.9. The van der Waals surface area contributed by atoms with E-state index in [4.69, 9.17) is 23.7 Å². The average molecular weight is 585 g/mol. The van der Waals surface area contributed by atoms with Gasteiger partial charge in [-0.05, 0) is 35.4 Å². The van der Waals surface area contributed by atoms with Gasteiger partial charge in [0.15, 0.2) is 11.6 Å². The Kier molecular flexibility index (Phi) is 6.97.